The Morgan fingerprint density at radius 3 is 2.71 bits per heavy atom. The molecule has 1 aromatic rings. The van der Waals surface area contributed by atoms with Crippen molar-refractivity contribution in [2.45, 2.75) is 35.9 Å². The smallest absolute Gasteiger partial charge is 0.241 e. The van der Waals surface area contributed by atoms with E-state index in [0.717, 1.165) is 32.4 Å². The van der Waals surface area contributed by atoms with Crippen molar-refractivity contribution >= 4 is 10.0 Å². The van der Waals surface area contributed by atoms with Crippen molar-refractivity contribution < 1.29 is 17.9 Å². The Morgan fingerprint density at radius 1 is 1.29 bits per heavy atom. The van der Waals surface area contributed by atoms with Crippen LogP contribution >= 0.6 is 0 Å². The molecule has 2 heterocycles. The molecule has 1 aromatic carbocycles. The van der Waals surface area contributed by atoms with Gasteiger partial charge in [-0.3, -0.25) is 0 Å². The van der Waals surface area contributed by atoms with Gasteiger partial charge in [0.25, 0.3) is 0 Å². The monoisotopic (exact) mass is 312 g/mol. The Balaban J connectivity index is 1.74. The zero-order valence-electron chi connectivity index (χ0n) is 11.7. The number of nitrogens with two attached hydrogens (primary N) is 1. The Hall–Kier alpha value is -1.15. The molecule has 0 radical (unpaired) electrons. The first-order valence-electron chi connectivity index (χ1n) is 7.12. The molecule has 7 heteroatoms. The van der Waals surface area contributed by atoms with Gasteiger partial charge < -0.3 is 14.8 Å². The predicted octanol–water partition coefficient (Wildman–Crippen LogP) is 0.624. The number of ether oxygens (including phenoxy) is 2. The van der Waals surface area contributed by atoms with Gasteiger partial charge >= 0.3 is 0 Å². The molecule has 116 valence electrons. The Kier molecular flexibility index (Phi) is 3.92. The van der Waals surface area contributed by atoms with E-state index in [1.54, 1.807) is 18.2 Å². The van der Waals surface area contributed by atoms with Crippen LogP contribution in [0, 0.1) is 0 Å². The molecule has 0 amide bonds. The molecule has 3 N–H and O–H groups in total. The summed E-state index contributed by atoms with van der Waals surface area (Å²) in [5.41, 5.74) is -0.119. The lowest BCUT2D eigenvalue weighted by Gasteiger charge is -2.32. The topological polar surface area (TPSA) is 90.7 Å². The normalized spacial score (nSPS) is 25.1. The second-order valence-corrected chi connectivity index (χ2v) is 7.21. The lowest BCUT2D eigenvalue weighted by Crippen LogP contribution is -2.41. The lowest BCUT2D eigenvalue weighted by atomic mass is 9.89. The number of primary sulfonamides is 1. The van der Waals surface area contributed by atoms with Crippen LogP contribution < -0.4 is 15.2 Å². The molecule has 0 bridgehead atoms. The van der Waals surface area contributed by atoms with Gasteiger partial charge in [-0.2, -0.15) is 0 Å². The van der Waals surface area contributed by atoms with Crippen molar-refractivity contribution in [3.8, 4) is 5.75 Å². The summed E-state index contributed by atoms with van der Waals surface area (Å²) in [6.45, 7) is 2.37. The van der Waals surface area contributed by atoms with Crippen molar-refractivity contribution in [2.75, 3.05) is 19.7 Å². The van der Waals surface area contributed by atoms with E-state index in [1.807, 2.05) is 0 Å². The number of nitrogens with one attached hydrogen (secondary N) is 1. The van der Waals surface area contributed by atoms with Crippen LogP contribution in [0.15, 0.2) is 29.2 Å². The number of hydrogen-bond donors (Lipinski definition) is 2. The first kappa shape index (κ1) is 14.8. The van der Waals surface area contributed by atoms with Crippen LogP contribution in [0.25, 0.3) is 0 Å². The second-order valence-electron chi connectivity index (χ2n) is 5.68. The number of sulfonamides is 1. The molecule has 1 unspecified atom stereocenters. The van der Waals surface area contributed by atoms with Gasteiger partial charge in [-0.15, -0.1) is 0 Å². The van der Waals surface area contributed by atoms with E-state index in [2.05, 4.69) is 5.32 Å². The molecule has 0 saturated carbocycles. The number of piperidine rings is 1. The van der Waals surface area contributed by atoms with Gasteiger partial charge in [0, 0.05) is 6.42 Å². The lowest BCUT2D eigenvalue weighted by molar-refractivity contribution is -0.0205. The van der Waals surface area contributed by atoms with Gasteiger partial charge in [0.1, 0.15) is 16.7 Å². The zero-order valence-corrected chi connectivity index (χ0v) is 12.6. The highest BCUT2D eigenvalue weighted by Gasteiger charge is 2.42. The largest absolute Gasteiger partial charge is 0.486 e. The first-order valence-corrected chi connectivity index (χ1v) is 8.66. The maximum absolute atomic E-state index is 11.6. The van der Waals surface area contributed by atoms with Crippen LogP contribution in [0.3, 0.4) is 0 Å². The van der Waals surface area contributed by atoms with Crippen LogP contribution in [0.5, 0.6) is 5.75 Å². The summed E-state index contributed by atoms with van der Waals surface area (Å²) in [4.78, 5) is 0.0243. The highest BCUT2D eigenvalue weighted by Crippen LogP contribution is 2.36. The average molecular weight is 312 g/mol. The number of hydrogen-bond acceptors (Lipinski definition) is 5. The maximum Gasteiger partial charge on any atom is 0.241 e. The molecule has 2 aliphatic heterocycles. The summed E-state index contributed by atoms with van der Waals surface area (Å²) in [7, 11) is -3.78. The Morgan fingerprint density at radius 2 is 2.00 bits per heavy atom. The van der Waals surface area contributed by atoms with E-state index < -0.39 is 10.0 Å². The van der Waals surface area contributed by atoms with Gasteiger partial charge in [-0.1, -0.05) is 12.1 Å². The SMILES string of the molecule is NS(=O)(=O)c1ccccc1OC1COC2(CCNCC2)C1. The Bertz CT molecular complexity index is 611. The van der Waals surface area contributed by atoms with Gasteiger partial charge in [-0.25, -0.2) is 13.6 Å². The molecule has 2 aliphatic rings. The quantitative estimate of drug-likeness (QED) is 0.854. The number of para-hydroxylation sites is 1. The highest BCUT2D eigenvalue weighted by molar-refractivity contribution is 7.89. The molecular formula is C14H20N2O4S. The number of rotatable bonds is 3. The summed E-state index contributed by atoms with van der Waals surface area (Å²) < 4.78 is 35.0. The highest BCUT2D eigenvalue weighted by atomic mass is 32.2. The fourth-order valence-electron chi connectivity index (χ4n) is 3.07. The van der Waals surface area contributed by atoms with E-state index >= 15 is 0 Å². The van der Waals surface area contributed by atoms with Crippen LogP contribution in [0.1, 0.15) is 19.3 Å². The van der Waals surface area contributed by atoms with Crippen LogP contribution in [-0.2, 0) is 14.8 Å². The van der Waals surface area contributed by atoms with Crippen LogP contribution in [-0.4, -0.2) is 39.8 Å². The van der Waals surface area contributed by atoms with Crippen molar-refractivity contribution in [1.29, 1.82) is 0 Å². The molecule has 1 spiro atoms. The van der Waals surface area contributed by atoms with E-state index in [0.29, 0.717) is 12.4 Å². The Labute approximate surface area is 124 Å². The summed E-state index contributed by atoms with van der Waals surface area (Å²) in [5, 5.41) is 8.53. The second kappa shape index (κ2) is 5.57. The van der Waals surface area contributed by atoms with E-state index in [-0.39, 0.29) is 16.6 Å². The van der Waals surface area contributed by atoms with Gasteiger partial charge in [0.05, 0.1) is 12.2 Å². The number of benzene rings is 1. The summed E-state index contributed by atoms with van der Waals surface area (Å²) in [6, 6.07) is 6.46. The third-order valence-corrected chi connectivity index (χ3v) is 5.09. The molecule has 6 nitrogen and oxygen atoms in total. The molecule has 1 atom stereocenters. The molecular weight excluding hydrogens is 292 g/mol. The molecule has 2 saturated heterocycles. The third kappa shape index (κ3) is 3.21. The predicted molar refractivity (Wildman–Crippen MR) is 77.6 cm³/mol. The van der Waals surface area contributed by atoms with E-state index in [9.17, 15) is 8.42 Å². The van der Waals surface area contributed by atoms with Crippen molar-refractivity contribution in [3.05, 3.63) is 24.3 Å². The molecule has 3 rings (SSSR count). The minimum Gasteiger partial charge on any atom is -0.486 e. The molecule has 21 heavy (non-hydrogen) atoms. The van der Waals surface area contributed by atoms with Gasteiger partial charge in [-0.05, 0) is 38.1 Å². The third-order valence-electron chi connectivity index (χ3n) is 4.14. The average Bonchev–Trinajstić information content (AvgIpc) is 2.81. The fraction of sp³-hybridized carbons (Fsp3) is 0.571. The van der Waals surface area contributed by atoms with Crippen LogP contribution in [0.4, 0.5) is 0 Å². The fourth-order valence-corrected chi connectivity index (χ4v) is 3.74. The van der Waals surface area contributed by atoms with Crippen molar-refractivity contribution in [1.82, 2.24) is 5.32 Å². The molecule has 0 aromatic heterocycles. The minimum atomic E-state index is -3.78. The van der Waals surface area contributed by atoms with E-state index in [4.69, 9.17) is 14.6 Å². The molecule has 0 aliphatic carbocycles. The van der Waals surface area contributed by atoms with Crippen molar-refractivity contribution in [2.24, 2.45) is 5.14 Å². The summed E-state index contributed by atoms with van der Waals surface area (Å²) in [6.07, 6.45) is 2.58. The summed E-state index contributed by atoms with van der Waals surface area (Å²) >= 11 is 0. The van der Waals surface area contributed by atoms with E-state index in [1.165, 1.54) is 6.07 Å². The van der Waals surface area contributed by atoms with Gasteiger partial charge in [0.2, 0.25) is 10.0 Å². The first-order chi connectivity index (χ1) is 9.99. The van der Waals surface area contributed by atoms with Gasteiger partial charge in [0.15, 0.2) is 0 Å². The van der Waals surface area contributed by atoms with Crippen molar-refractivity contribution in [3.63, 3.8) is 0 Å². The maximum atomic E-state index is 11.6. The summed E-state index contributed by atoms with van der Waals surface area (Å²) in [5.74, 6) is 0.305. The minimum absolute atomic E-state index is 0.0243. The molecule has 2 fully saturated rings. The zero-order chi connectivity index (χ0) is 14.9. The standard InChI is InChI=1S/C14H20N2O4S/c15-21(17,18)13-4-2-1-3-12(13)20-11-9-14(19-10-11)5-7-16-8-6-14/h1-4,11,16H,5-10H2,(H2,15,17,18). The van der Waals surface area contributed by atoms with Crippen LogP contribution in [0.2, 0.25) is 0 Å².